The fourth-order valence-electron chi connectivity index (χ4n) is 1.44. The summed E-state index contributed by atoms with van der Waals surface area (Å²) in [5, 5.41) is 11.9. The topological polar surface area (TPSA) is 42.3 Å². The van der Waals surface area contributed by atoms with Crippen LogP contribution in [-0.4, -0.2) is 53.0 Å². The van der Waals surface area contributed by atoms with E-state index in [2.05, 4.69) is 16.0 Å². The molecule has 0 unspecified atom stereocenters. The molecule has 0 aromatic heterocycles. The maximum absolute atomic E-state index is 13.1. The van der Waals surface area contributed by atoms with Gasteiger partial charge in [-0.2, -0.15) is 39.3 Å². The van der Waals surface area contributed by atoms with Crippen molar-refractivity contribution in [2.75, 3.05) is 39.3 Å². The Kier molecular flexibility index (Phi) is 35.6. The monoisotopic (exact) mass is 493 g/mol. The van der Waals surface area contributed by atoms with Crippen LogP contribution in [0.2, 0.25) is 11.5 Å². The smallest absolute Gasteiger partial charge is 4.00 e. The summed E-state index contributed by atoms with van der Waals surface area (Å²) in [6.07, 6.45) is 0. The second-order valence-electron chi connectivity index (χ2n) is 5.21. The number of hydrogen-bond acceptors (Lipinski definition) is 0. The van der Waals surface area contributed by atoms with Gasteiger partial charge in [0.2, 0.25) is 0 Å². The molecule has 1 rings (SSSR count). The van der Waals surface area contributed by atoms with Crippen LogP contribution < -0.4 is 4.40 Å². The molecule has 3 nitrogen and oxygen atoms in total. The molecule has 0 radical (unpaired) electrons. The SMILES string of the molecule is CC[N-]CC.CC[N-]CC.CC[N-]CC.[CH3][Ge]([CH3])([F])[c-]1cccc1.[Zr+4]. The van der Waals surface area contributed by atoms with Gasteiger partial charge in [-0.1, -0.05) is 41.5 Å². The molecule has 0 aliphatic heterocycles. The van der Waals surface area contributed by atoms with Gasteiger partial charge in [0.05, 0.1) is 0 Å². The zero-order valence-electron chi connectivity index (χ0n) is 17.8. The Morgan fingerprint density at radius 2 is 0.920 bits per heavy atom. The van der Waals surface area contributed by atoms with E-state index in [4.69, 9.17) is 0 Å². The minimum Gasteiger partial charge on any atom is 4.00 e. The summed E-state index contributed by atoms with van der Waals surface area (Å²) in [6.45, 7) is 18.1. The van der Waals surface area contributed by atoms with Gasteiger partial charge in [0.1, 0.15) is 0 Å². The van der Waals surface area contributed by atoms with Crippen LogP contribution in [0.4, 0.5) is 3.50 Å². The van der Waals surface area contributed by atoms with Crippen LogP contribution in [0.25, 0.3) is 16.0 Å². The minimum absolute atomic E-state index is 0. The number of hydrogen-bond donors (Lipinski definition) is 0. The van der Waals surface area contributed by atoms with Crippen molar-refractivity contribution in [1.29, 1.82) is 0 Å². The molecule has 0 saturated carbocycles. The van der Waals surface area contributed by atoms with Gasteiger partial charge < -0.3 is 16.0 Å². The predicted octanol–water partition coefficient (Wildman–Crippen LogP) is 5.98. The second kappa shape index (κ2) is 26.8. The average molecular weight is 493 g/mol. The zero-order valence-corrected chi connectivity index (χ0v) is 22.3. The Bertz CT molecular complexity index is 284. The first-order chi connectivity index (χ1) is 11.3. The summed E-state index contributed by atoms with van der Waals surface area (Å²) in [5.41, 5.74) is 0. The Labute approximate surface area is 179 Å². The Balaban J connectivity index is -0.000000122. The van der Waals surface area contributed by atoms with Crippen molar-refractivity contribution >= 4 is 18.1 Å². The molecule has 0 amide bonds. The molecule has 25 heavy (non-hydrogen) atoms. The standard InChI is InChI=1S/C7H10FGe.3C4H10N.Zr/c1-9(2,8)7-5-3-4-6-7;3*1-3-5-4-2;/h3-6H,1-2H3;3*3-4H2,1-2H3;/q4*-1;+4. The zero-order chi connectivity index (χ0) is 19.3. The molecule has 0 bridgehead atoms. The van der Waals surface area contributed by atoms with Crippen molar-refractivity contribution in [3.63, 3.8) is 0 Å². The van der Waals surface area contributed by atoms with Crippen LogP contribution in [0.15, 0.2) is 24.3 Å². The summed E-state index contributed by atoms with van der Waals surface area (Å²) in [4.78, 5) is 0. The van der Waals surface area contributed by atoms with Crippen molar-refractivity contribution in [2.45, 2.75) is 53.1 Å². The number of nitrogens with zero attached hydrogens (tertiary/aromatic N) is 3. The van der Waals surface area contributed by atoms with Crippen LogP contribution in [0.3, 0.4) is 0 Å². The molecule has 0 fully saturated rings. The molecule has 146 valence electrons. The van der Waals surface area contributed by atoms with Crippen molar-refractivity contribution in [3.05, 3.63) is 40.2 Å². The van der Waals surface area contributed by atoms with Crippen molar-refractivity contribution in [1.82, 2.24) is 0 Å². The summed E-state index contributed by atoms with van der Waals surface area (Å²) in [7, 11) is 0. The minimum atomic E-state index is -2.94. The maximum Gasteiger partial charge on any atom is 4.00 e. The fraction of sp³-hybridized carbons (Fsp3) is 0.737. The van der Waals surface area contributed by atoms with Gasteiger partial charge in [-0.05, 0) is 0 Å². The summed E-state index contributed by atoms with van der Waals surface area (Å²) < 4.78 is 14.1. The molecule has 0 saturated heterocycles. The Hall–Kier alpha value is 0.586. The van der Waals surface area contributed by atoms with Crippen LogP contribution >= 0.6 is 0 Å². The quantitative estimate of drug-likeness (QED) is 0.331. The molecule has 1 aromatic carbocycles. The molecule has 0 spiro atoms. The Morgan fingerprint density at radius 3 is 1.00 bits per heavy atom. The predicted molar refractivity (Wildman–Crippen MR) is 114 cm³/mol. The summed E-state index contributed by atoms with van der Waals surface area (Å²) >= 11 is -2.94. The van der Waals surface area contributed by atoms with E-state index in [0.717, 1.165) is 43.7 Å². The van der Waals surface area contributed by atoms with E-state index in [-0.39, 0.29) is 26.2 Å². The van der Waals surface area contributed by atoms with Crippen LogP contribution in [-0.2, 0) is 26.2 Å². The van der Waals surface area contributed by atoms with E-state index in [0.29, 0.717) is 0 Å². The van der Waals surface area contributed by atoms with E-state index < -0.39 is 13.7 Å². The van der Waals surface area contributed by atoms with Gasteiger partial charge in [0.25, 0.3) is 0 Å². The van der Waals surface area contributed by atoms with Crippen molar-refractivity contribution in [2.24, 2.45) is 0 Å². The van der Waals surface area contributed by atoms with Gasteiger partial charge in [0, 0.05) is 0 Å². The Morgan fingerprint density at radius 1 is 0.680 bits per heavy atom. The second-order valence-corrected chi connectivity index (χ2v) is 12.6. The first-order valence-electron chi connectivity index (χ1n) is 9.16. The molecule has 0 atom stereocenters. The largest absolute Gasteiger partial charge is 4.00 e. The third-order valence-corrected chi connectivity index (χ3v) is 6.27. The van der Waals surface area contributed by atoms with Crippen LogP contribution in [0.5, 0.6) is 0 Å². The van der Waals surface area contributed by atoms with Gasteiger partial charge in [0.15, 0.2) is 0 Å². The van der Waals surface area contributed by atoms with Crippen LogP contribution in [0, 0.1) is 0 Å². The van der Waals surface area contributed by atoms with Crippen molar-refractivity contribution < 1.29 is 29.7 Å². The van der Waals surface area contributed by atoms with Gasteiger partial charge in [-0.15, -0.1) is 0 Å². The fourth-order valence-corrected chi connectivity index (χ4v) is 3.51. The third-order valence-electron chi connectivity index (χ3n) is 2.69. The van der Waals surface area contributed by atoms with Gasteiger partial charge >= 0.3 is 83.6 Å². The molecule has 6 heteroatoms. The number of halogens is 1. The van der Waals surface area contributed by atoms with E-state index in [9.17, 15) is 3.50 Å². The molecule has 0 aliphatic rings. The molecular weight excluding hydrogens is 453 g/mol. The van der Waals surface area contributed by atoms with Gasteiger partial charge in [-0.3, -0.25) is 0 Å². The van der Waals surface area contributed by atoms with Gasteiger partial charge in [-0.25, -0.2) is 0 Å². The third kappa shape index (κ3) is 32.7. The van der Waals surface area contributed by atoms with E-state index in [1.165, 1.54) is 0 Å². The van der Waals surface area contributed by atoms with E-state index in [1.54, 1.807) is 11.5 Å². The first-order valence-corrected chi connectivity index (χ1v) is 15.2. The number of rotatable bonds is 7. The molecule has 0 heterocycles. The molecule has 0 N–H and O–H groups in total. The van der Waals surface area contributed by atoms with Crippen molar-refractivity contribution in [3.8, 4) is 0 Å². The molecular formula is C19H40FGeN3Zr. The normalized spacial score (nSPS) is 9.32. The first kappa shape index (κ1) is 33.2. The summed E-state index contributed by atoms with van der Waals surface area (Å²) in [6, 6.07) is 7.53. The van der Waals surface area contributed by atoms with E-state index in [1.807, 2.05) is 65.8 Å². The molecule has 0 aliphatic carbocycles. The summed E-state index contributed by atoms with van der Waals surface area (Å²) in [5.74, 6) is 3.49. The van der Waals surface area contributed by atoms with Crippen LogP contribution in [0.1, 0.15) is 41.5 Å². The maximum atomic E-state index is 13.1. The van der Waals surface area contributed by atoms with E-state index >= 15 is 0 Å². The average Bonchev–Trinajstić information content (AvgIpc) is 3.06. The molecule has 1 aromatic rings.